The van der Waals surface area contributed by atoms with E-state index in [4.69, 9.17) is 16.3 Å². The van der Waals surface area contributed by atoms with E-state index >= 15 is 0 Å². The van der Waals surface area contributed by atoms with Crippen molar-refractivity contribution in [3.05, 3.63) is 4.91 Å². The lowest BCUT2D eigenvalue weighted by Gasteiger charge is -2.33. The summed E-state index contributed by atoms with van der Waals surface area (Å²) in [5.41, 5.74) is 0. The molecule has 6 unspecified atom stereocenters. The standard InChI is InChI=1S/C13H22ClNO4S/c14-11-5-2-6-12(15-16)13(11)19-9-3-1-4-10(8-7-9)20(17)18/h9-13H,1-8H2,(H,17,18). The van der Waals surface area contributed by atoms with Crippen LogP contribution in [0.4, 0.5) is 0 Å². The Morgan fingerprint density at radius 2 is 1.85 bits per heavy atom. The summed E-state index contributed by atoms with van der Waals surface area (Å²) in [6.45, 7) is 0. The Hall–Kier alpha value is -0.0400. The zero-order valence-electron chi connectivity index (χ0n) is 11.4. The Bertz CT molecular complexity index is 357. The van der Waals surface area contributed by atoms with Crippen LogP contribution < -0.4 is 0 Å². The number of alkyl halides is 1. The van der Waals surface area contributed by atoms with Gasteiger partial charge in [0.1, 0.15) is 6.04 Å². The van der Waals surface area contributed by atoms with E-state index in [0.29, 0.717) is 6.42 Å². The van der Waals surface area contributed by atoms with Gasteiger partial charge in [-0.1, -0.05) is 5.18 Å². The lowest BCUT2D eigenvalue weighted by Crippen LogP contribution is -2.41. The molecule has 0 aromatic carbocycles. The number of hydrogen-bond acceptors (Lipinski definition) is 4. The number of nitroso groups, excluding NO2 is 1. The molecular formula is C13H22ClNO4S. The summed E-state index contributed by atoms with van der Waals surface area (Å²) >= 11 is 4.53. The fourth-order valence-corrected chi connectivity index (χ4v) is 4.26. The topological polar surface area (TPSA) is 76.0 Å². The van der Waals surface area contributed by atoms with Crippen LogP contribution in [0.3, 0.4) is 0 Å². The second kappa shape index (κ2) is 7.82. The zero-order valence-corrected chi connectivity index (χ0v) is 13.0. The van der Waals surface area contributed by atoms with Crippen LogP contribution in [0.15, 0.2) is 5.18 Å². The van der Waals surface area contributed by atoms with Gasteiger partial charge in [-0.05, 0) is 51.4 Å². The van der Waals surface area contributed by atoms with Crippen molar-refractivity contribution in [2.75, 3.05) is 0 Å². The second-order valence-corrected chi connectivity index (χ2v) is 7.53. The van der Waals surface area contributed by atoms with Crippen molar-refractivity contribution >= 4 is 22.7 Å². The Morgan fingerprint density at radius 3 is 2.55 bits per heavy atom. The quantitative estimate of drug-likeness (QED) is 0.373. The van der Waals surface area contributed by atoms with Gasteiger partial charge < -0.3 is 9.29 Å². The fourth-order valence-electron chi connectivity index (χ4n) is 3.17. The predicted octanol–water partition coefficient (Wildman–Crippen LogP) is 3.22. The first-order chi connectivity index (χ1) is 9.61. The highest BCUT2D eigenvalue weighted by Gasteiger charge is 2.36. The highest BCUT2D eigenvalue weighted by molar-refractivity contribution is 7.79. The Morgan fingerprint density at radius 1 is 1.10 bits per heavy atom. The number of nitrogens with zero attached hydrogens (tertiary/aromatic N) is 1. The summed E-state index contributed by atoms with van der Waals surface area (Å²) < 4.78 is 26.4. The first-order valence-electron chi connectivity index (χ1n) is 7.33. The highest BCUT2D eigenvalue weighted by Crippen LogP contribution is 2.32. The zero-order chi connectivity index (χ0) is 14.5. The van der Waals surface area contributed by atoms with E-state index in [9.17, 15) is 13.7 Å². The molecule has 0 bridgehead atoms. The smallest absolute Gasteiger partial charge is 0.155 e. The lowest BCUT2D eigenvalue weighted by atomic mass is 9.92. The minimum absolute atomic E-state index is 0.0251. The van der Waals surface area contributed by atoms with Crippen LogP contribution in [-0.2, 0) is 15.8 Å². The van der Waals surface area contributed by atoms with Crippen molar-refractivity contribution in [2.24, 2.45) is 5.18 Å². The maximum absolute atomic E-state index is 11.1. The number of hydrogen-bond donors (Lipinski definition) is 1. The van der Waals surface area contributed by atoms with Gasteiger partial charge in [0.15, 0.2) is 11.1 Å². The van der Waals surface area contributed by atoms with Crippen LogP contribution in [0.1, 0.15) is 51.4 Å². The third-order valence-corrected chi connectivity index (χ3v) is 5.86. The molecule has 5 nitrogen and oxygen atoms in total. The van der Waals surface area contributed by atoms with Gasteiger partial charge in [-0.3, -0.25) is 0 Å². The minimum atomic E-state index is -1.75. The van der Waals surface area contributed by atoms with E-state index in [2.05, 4.69) is 5.18 Å². The van der Waals surface area contributed by atoms with Gasteiger partial charge in [-0.15, -0.1) is 11.6 Å². The summed E-state index contributed by atoms with van der Waals surface area (Å²) in [4.78, 5) is 10.9. The molecule has 0 heterocycles. The van der Waals surface area contributed by atoms with Crippen molar-refractivity contribution in [3.8, 4) is 0 Å². The summed E-state index contributed by atoms with van der Waals surface area (Å²) in [5.74, 6) is 0. The number of rotatable bonds is 4. The molecule has 0 aliphatic heterocycles. The largest absolute Gasteiger partial charge is 0.371 e. The van der Waals surface area contributed by atoms with Crippen LogP contribution >= 0.6 is 11.6 Å². The average molecular weight is 324 g/mol. The molecule has 0 amide bonds. The first-order valence-corrected chi connectivity index (χ1v) is 8.94. The van der Waals surface area contributed by atoms with E-state index in [0.717, 1.165) is 44.9 Å². The van der Waals surface area contributed by atoms with Gasteiger partial charge in [0.25, 0.3) is 0 Å². The normalized spacial score (nSPS) is 40.8. The number of ether oxygens (including phenoxy) is 1. The molecule has 7 heteroatoms. The molecule has 6 atom stereocenters. The van der Waals surface area contributed by atoms with Crippen LogP contribution in [0.25, 0.3) is 0 Å². The Balaban J connectivity index is 1.91. The van der Waals surface area contributed by atoms with Gasteiger partial charge in [0, 0.05) is 0 Å². The van der Waals surface area contributed by atoms with E-state index in [-0.39, 0.29) is 28.9 Å². The predicted molar refractivity (Wildman–Crippen MR) is 79.4 cm³/mol. The summed E-state index contributed by atoms with van der Waals surface area (Å²) in [6.07, 6.45) is 6.17. The van der Waals surface area contributed by atoms with Crippen molar-refractivity contribution in [1.82, 2.24) is 0 Å². The van der Waals surface area contributed by atoms with Crippen LogP contribution in [-0.4, -0.2) is 37.6 Å². The Kier molecular flexibility index (Phi) is 6.39. The van der Waals surface area contributed by atoms with E-state index in [1.165, 1.54) is 0 Å². The van der Waals surface area contributed by atoms with E-state index in [1.54, 1.807) is 0 Å². The van der Waals surface area contributed by atoms with Crippen LogP contribution in [0.2, 0.25) is 0 Å². The van der Waals surface area contributed by atoms with Gasteiger partial charge in [0.2, 0.25) is 0 Å². The molecular weight excluding hydrogens is 302 g/mol. The average Bonchev–Trinajstić information content (AvgIpc) is 2.66. The fraction of sp³-hybridized carbons (Fsp3) is 1.00. The van der Waals surface area contributed by atoms with E-state index in [1.807, 2.05) is 0 Å². The molecule has 1 N–H and O–H groups in total. The third-order valence-electron chi connectivity index (χ3n) is 4.35. The molecule has 2 fully saturated rings. The van der Waals surface area contributed by atoms with Crippen LogP contribution in [0, 0.1) is 4.91 Å². The van der Waals surface area contributed by atoms with Gasteiger partial charge in [-0.2, -0.15) is 4.91 Å². The van der Waals surface area contributed by atoms with Gasteiger partial charge in [0.05, 0.1) is 22.8 Å². The van der Waals surface area contributed by atoms with Crippen molar-refractivity contribution in [3.63, 3.8) is 0 Å². The Labute approximate surface area is 127 Å². The maximum Gasteiger partial charge on any atom is 0.155 e. The van der Waals surface area contributed by atoms with E-state index < -0.39 is 11.1 Å². The third kappa shape index (κ3) is 4.23. The number of halogens is 1. The molecule has 0 aromatic heterocycles. The molecule has 0 spiro atoms. The molecule has 2 saturated carbocycles. The molecule has 2 aliphatic carbocycles. The van der Waals surface area contributed by atoms with Gasteiger partial charge >= 0.3 is 0 Å². The monoisotopic (exact) mass is 323 g/mol. The van der Waals surface area contributed by atoms with Crippen molar-refractivity contribution in [1.29, 1.82) is 0 Å². The summed E-state index contributed by atoms with van der Waals surface area (Å²) in [5, 5.41) is 2.86. The molecule has 20 heavy (non-hydrogen) atoms. The maximum atomic E-state index is 11.1. The lowest BCUT2D eigenvalue weighted by molar-refractivity contribution is -0.0427. The first kappa shape index (κ1) is 16.3. The highest BCUT2D eigenvalue weighted by atomic mass is 35.5. The summed E-state index contributed by atoms with van der Waals surface area (Å²) in [7, 11) is 0. The van der Waals surface area contributed by atoms with Crippen molar-refractivity contribution < 1.29 is 13.5 Å². The van der Waals surface area contributed by atoms with Gasteiger partial charge in [-0.25, -0.2) is 4.21 Å². The SMILES string of the molecule is O=NC1CCCC(Cl)C1OC1CCCC(S(=O)O)CC1. The molecule has 116 valence electrons. The molecule has 2 rings (SSSR count). The second-order valence-electron chi connectivity index (χ2n) is 5.75. The molecule has 0 aromatic rings. The molecule has 2 aliphatic rings. The summed E-state index contributed by atoms with van der Waals surface area (Å²) in [6, 6.07) is -0.350. The molecule has 0 saturated heterocycles. The van der Waals surface area contributed by atoms with Crippen molar-refractivity contribution in [2.45, 2.75) is 80.2 Å². The van der Waals surface area contributed by atoms with Crippen LogP contribution in [0.5, 0.6) is 0 Å². The molecule has 0 radical (unpaired) electrons. The minimum Gasteiger partial charge on any atom is -0.371 e.